The predicted molar refractivity (Wildman–Crippen MR) is 81.6 cm³/mol. The fourth-order valence-corrected chi connectivity index (χ4v) is 2.80. The maximum Gasteiger partial charge on any atom is 0.127 e. The van der Waals surface area contributed by atoms with E-state index in [0.29, 0.717) is 5.56 Å². The summed E-state index contributed by atoms with van der Waals surface area (Å²) in [6.07, 6.45) is 3.72. The van der Waals surface area contributed by atoms with Gasteiger partial charge in [-0.05, 0) is 65.1 Å². The van der Waals surface area contributed by atoms with Gasteiger partial charge in [-0.3, -0.25) is 0 Å². The largest absolute Gasteiger partial charge is 0.364 e. The highest BCUT2D eigenvalue weighted by atomic mass is 127. The van der Waals surface area contributed by atoms with Crippen molar-refractivity contribution in [1.29, 1.82) is 0 Å². The number of hydrogen-bond donors (Lipinski definition) is 2. The fourth-order valence-electron chi connectivity index (χ4n) is 2.29. The smallest absolute Gasteiger partial charge is 0.127 e. The van der Waals surface area contributed by atoms with E-state index >= 15 is 0 Å². The summed E-state index contributed by atoms with van der Waals surface area (Å²) >= 11 is 2.20. The number of nitrogens with one attached hydrogen (secondary N) is 2. The molecular weight excluding hydrogens is 354 g/mol. The number of aromatic nitrogens is 2. The topological polar surface area (TPSA) is 31.6 Å². The van der Waals surface area contributed by atoms with Crippen molar-refractivity contribution in [3.05, 3.63) is 81.2 Å². The van der Waals surface area contributed by atoms with Crippen LogP contribution in [0, 0.1) is 9.39 Å². The van der Waals surface area contributed by atoms with E-state index in [4.69, 9.17) is 0 Å². The lowest BCUT2D eigenvalue weighted by atomic mass is 9.92. The minimum atomic E-state index is -0.186. The van der Waals surface area contributed by atoms with Gasteiger partial charge in [-0.15, -0.1) is 0 Å². The molecule has 0 unspecified atom stereocenters. The standard InChI is InChI=1S/C15H12FIN2/c16-12-6-5-10(17)9-11(12)15(13-3-1-7-18-13)14-4-2-8-19-14/h1-9,15,18-19H. The van der Waals surface area contributed by atoms with Crippen molar-refractivity contribution >= 4 is 22.6 Å². The van der Waals surface area contributed by atoms with Gasteiger partial charge in [0.2, 0.25) is 0 Å². The molecule has 3 rings (SSSR count). The van der Waals surface area contributed by atoms with Crippen LogP contribution in [-0.2, 0) is 0 Å². The predicted octanol–water partition coefficient (Wildman–Crippen LogP) is 4.27. The van der Waals surface area contributed by atoms with Crippen LogP contribution in [0.3, 0.4) is 0 Å². The number of benzene rings is 1. The van der Waals surface area contributed by atoms with Gasteiger partial charge in [0.25, 0.3) is 0 Å². The van der Waals surface area contributed by atoms with Crippen molar-refractivity contribution in [1.82, 2.24) is 9.97 Å². The van der Waals surface area contributed by atoms with E-state index in [1.54, 1.807) is 6.07 Å². The van der Waals surface area contributed by atoms with Gasteiger partial charge >= 0.3 is 0 Å². The van der Waals surface area contributed by atoms with E-state index in [9.17, 15) is 4.39 Å². The number of H-pyrrole nitrogens is 2. The second-order valence-corrected chi connectivity index (χ2v) is 5.60. The summed E-state index contributed by atoms with van der Waals surface area (Å²) in [6.45, 7) is 0. The van der Waals surface area contributed by atoms with Crippen LogP contribution in [0.15, 0.2) is 54.9 Å². The summed E-state index contributed by atoms with van der Waals surface area (Å²) in [5.41, 5.74) is 2.63. The van der Waals surface area contributed by atoms with Crippen LogP contribution in [-0.4, -0.2) is 9.97 Å². The number of halogens is 2. The zero-order valence-electron chi connectivity index (χ0n) is 10.0. The highest BCUT2D eigenvalue weighted by molar-refractivity contribution is 14.1. The number of rotatable bonds is 3. The first-order chi connectivity index (χ1) is 9.25. The molecule has 0 amide bonds. The summed E-state index contributed by atoms with van der Waals surface area (Å²) in [6, 6.07) is 13.0. The first-order valence-electron chi connectivity index (χ1n) is 5.97. The zero-order chi connectivity index (χ0) is 13.2. The fraction of sp³-hybridized carbons (Fsp3) is 0.0667. The normalized spacial score (nSPS) is 11.1. The van der Waals surface area contributed by atoms with Crippen LogP contribution in [0.5, 0.6) is 0 Å². The molecule has 2 N–H and O–H groups in total. The molecule has 0 saturated heterocycles. The molecule has 2 heterocycles. The molecule has 0 saturated carbocycles. The Balaban J connectivity index is 2.17. The molecule has 96 valence electrons. The molecule has 0 radical (unpaired) electrons. The van der Waals surface area contributed by atoms with Crippen LogP contribution in [0.25, 0.3) is 0 Å². The summed E-state index contributed by atoms with van der Waals surface area (Å²) in [5, 5.41) is 0. The van der Waals surface area contributed by atoms with Crippen LogP contribution in [0.2, 0.25) is 0 Å². The maximum absolute atomic E-state index is 14.2. The summed E-state index contributed by atoms with van der Waals surface area (Å²) in [7, 11) is 0. The lowest BCUT2D eigenvalue weighted by Crippen LogP contribution is -2.07. The first kappa shape index (κ1) is 12.5. The Morgan fingerprint density at radius 2 is 1.58 bits per heavy atom. The van der Waals surface area contributed by atoms with Crippen molar-refractivity contribution in [2.75, 3.05) is 0 Å². The number of aromatic amines is 2. The van der Waals surface area contributed by atoms with Gasteiger partial charge in [-0.2, -0.15) is 0 Å². The molecule has 0 spiro atoms. The summed E-state index contributed by atoms with van der Waals surface area (Å²) < 4.78 is 15.2. The van der Waals surface area contributed by atoms with Crippen LogP contribution < -0.4 is 0 Å². The second kappa shape index (κ2) is 5.21. The van der Waals surface area contributed by atoms with Crippen molar-refractivity contribution in [2.45, 2.75) is 5.92 Å². The Kier molecular flexibility index (Phi) is 3.42. The Hall–Kier alpha value is -1.56. The van der Waals surface area contributed by atoms with Crippen LogP contribution in [0.1, 0.15) is 22.9 Å². The SMILES string of the molecule is Fc1ccc(I)cc1C(c1ccc[nH]1)c1ccc[nH]1. The van der Waals surface area contributed by atoms with E-state index in [1.165, 1.54) is 6.07 Å². The Morgan fingerprint density at radius 3 is 2.11 bits per heavy atom. The third kappa shape index (κ3) is 2.45. The molecule has 3 aromatic rings. The Bertz CT molecular complexity index is 625. The van der Waals surface area contributed by atoms with Crippen molar-refractivity contribution in [2.24, 2.45) is 0 Å². The molecule has 0 aliphatic rings. The maximum atomic E-state index is 14.2. The van der Waals surface area contributed by atoms with E-state index in [2.05, 4.69) is 32.6 Å². The monoisotopic (exact) mass is 366 g/mol. The lowest BCUT2D eigenvalue weighted by molar-refractivity contribution is 0.603. The molecule has 2 nitrogen and oxygen atoms in total. The minimum Gasteiger partial charge on any atom is -0.364 e. The van der Waals surface area contributed by atoms with Crippen molar-refractivity contribution in [3.63, 3.8) is 0 Å². The summed E-state index contributed by atoms with van der Waals surface area (Å²) in [4.78, 5) is 6.36. The van der Waals surface area contributed by atoms with E-state index in [1.807, 2.05) is 42.7 Å². The molecule has 0 fully saturated rings. The van der Waals surface area contributed by atoms with Gasteiger partial charge < -0.3 is 9.97 Å². The van der Waals surface area contributed by atoms with Gasteiger partial charge in [0, 0.05) is 32.9 Å². The average molecular weight is 366 g/mol. The average Bonchev–Trinajstić information content (AvgIpc) is 3.07. The van der Waals surface area contributed by atoms with Gasteiger partial charge in [0.1, 0.15) is 5.82 Å². The van der Waals surface area contributed by atoms with Crippen molar-refractivity contribution in [3.8, 4) is 0 Å². The van der Waals surface area contributed by atoms with Gasteiger partial charge in [-0.1, -0.05) is 0 Å². The minimum absolute atomic E-state index is 0.139. The van der Waals surface area contributed by atoms with Crippen molar-refractivity contribution < 1.29 is 4.39 Å². The highest BCUT2D eigenvalue weighted by Crippen LogP contribution is 2.32. The molecule has 2 aromatic heterocycles. The highest BCUT2D eigenvalue weighted by Gasteiger charge is 2.21. The molecule has 0 aliphatic heterocycles. The molecule has 4 heteroatoms. The van der Waals surface area contributed by atoms with E-state index in [-0.39, 0.29) is 11.7 Å². The number of hydrogen-bond acceptors (Lipinski definition) is 0. The molecule has 0 bridgehead atoms. The Labute approximate surface area is 124 Å². The third-order valence-electron chi connectivity index (χ3n) is 3.14. The lowest BCUT2D eigenvalue weighted by Gasteiger charge is -2.16. The van der Waals surface area contributed by atoms with Crippen LogP contribution >= 0.6 is 22.6 Å². The van der Waals surface area contributed by atoms with Crippen LogP contribution in [0.4, 0.5) is 4.39 Å². The third-order valence-corrected chi connectivity index (χ3v) is 3.81. The quantitative estimate of drug-likeness (QED) is 0.649. The second-order valence-electron chi connectivity index (χ2n) is 4.35. The van der Waals surface area contributed by atoms with E-state index < -0.39 is 0 Å². The molecule has 0 aliphatic carbocycles. The summed E-state index contributed by atoms with van der Waals surface area (Å²) in [5.74, 6) is -0.325. The molecular formula is C15H12FIN2. The molecule has 0 atom stereocenters. The van der Waals surface area contributed by atoms with E-state index in [0.717, 1.165) is 15.0 Å². The molecule has 1 aromatic carbocycles. The molecule has 19 heavy (non-hydrogen) atoms. The van der Waals surface area contributed by atoms with Gasteiger partial charge in [-0.25, -0.2) is 4.39 Å². The Morgan fingerprint density at radius 1 is 0.947 bits per heavy atom. The van der Waals surface area contributed by atoms with Gasteiger partial charge in [0.15, 0.2) is 0 Å². The first-order valence-corrected chi connectivity index (χ1v) is 7.05. The zero-order valence-corrected chi connectivity index (χ0v) is 12.2. The van der Waals surface area contributed by atoms with Gasteiger partial charge in [0.05, 0.1) is 5.92 Å².